The molecule has 110 valence electrons. The number of halogens is 3. The third-order valence-corrected chi connectivity index (χ3v) is 4.00. The van der Waals surface area contributed by atoms with Crippen LogP contribution in [0.25, 0.3) is 0 Å². The van der Waals surface area contributed by atoms with Crippen LogP contribution in [0.2, 0.25) is 0 Å². The van der Waals surface area contributed by atoms with Crippen molar-refractivity contribution in [1.82, 2.24) is 0 Å². The molecular formula is C15H17F3O2. The third-order valence-electron chi connectivity index (χ3n) is 4.00. The molecule has 0 aromatic heterocycles. The van der Waals surface area contributed by atoms with Crippen LogP contribution < -0.4 is 0 Å². The molecule has 1 aliphatic carbocycles. The molecule has 0 radical (unpaired) electrons. The smallest absolute Gasteiger partial charge is 0.382 e. The van der Waals surface area contributed by atoms with Crippen LogP contribution in [-0.2, 0) is 6.18 Å². The predicted molar refractivity (Wildman–Crippen MR) is 68.4 cm³/mol. The molecule has 0 unspecified atom stereocenters. The summed E-state index contributed by atoms with van der Waals surface area (Å²) in [7, 11) is 0. The number of hydrogen-bond donors (Lipinski definition) is 1. The van der Waals surface area contributed by atoms with E-state index in [2.05, 4.69) is 0 Å². The van der Waals surface area contributed by atoms with E-state index < -0.39 is 28.7 Å². The quantitative estimate of drug-likeness (QED) is 0.839. The van der Waals surface area contributed by atoms with Gasteiger partial charge in [-0.2, -0.15) is 13.2 Å². The third kappa shape index (κ3) is 2.87. The van der Waals surface area contributed by atoms with E-state index in [0.29, 0.717) is 18.8 Å². The molecule has 0 amide bonds. The van der Waals surface area contributed by atoms with Gasteiger partial charge in [0, 0.05) is 5.56 Å². The Labute approximate surface area is 115 Å². The van der Waals surface area contributed by atoms with Gasteiger partial charge in [-0.25, -0.2) is 0 Å². The molecule has 0 aliphatic heterocycles. The van der Waals surface area contributed by atoms with E-state index in [1.807, 2.05) is 6.92 Å². The second-order valence-corrected chi connectivity index (χ2v) is 5.59. The van der Waals surface area contributed by atoms with Crippen molar-refractivity contribution in [3.8, 4) is 0 Å². The van der Waals surface area contributed by atoms with Crippen LogP contribution >= 0.6 is 0 Å². The van der Waals surface area contributed by atoms with Gasteiger partial charge in [-0.15, -0.1) is 0 Å². The molecule has 2 nitrogen and oxygen atoms in total. The van der Waals surface area contributed by atoms with Gasteiger partial charge in [0.05, 0.1) is 5.56 Å². The van der Waals surface area contributed by atoms with Crippen LogP contribution in [-0.4, -0.2) is 16.5 Å². The van der Waals surface area contributed by atoms with Gasteiger partial charge < -0.3 is 5.11 Å². The van der Waals surface area contributed by atoms with E-state index in [-0.39, 0.29) is 12.8 Å². The first-order valence-electron chi connectivity index (χ1n) is 6.67. The van der Waals surface area contributed by atoms with Crippen molar-refractivity contribution in [2.45, 2.75) is 44.4 Å². The largest absolute Gasteiger partial charge is 0.417 e. The Morgan fingerprint density at radius 2 is 1.80 bits per heavy atom. The molecule has 0 saturated heterocycles. The number of benzene rings is 1. The van der Waals surface area contributed by atoms with Crippen molar-refractivity contribution in [3.05, 3.63) is 35.4 Å². The number of alkyl halides is 3. The molecule has 0 spiro atoms. The molecule has 0 atom stereocenters. The van der Waals surface area contributed by atoms with Crippen LogP contribution in [0.3, 0.4) is 0 Å². The van der Waals surface area contributed by atoms with Gasteiger partial charge in [0.15, 0.2) is 5.78 Å². The monoisotopic (exact) mass is 286 g/mol. The number of Topliss-reactive ketones (excluding diaryl/α,β-unsaturated/α-hetero) is 1. The Morgan fingerprint density at radius 1 is 1.25 bits per heavy atom. The zero-order valence-electron chi connectivity index (χ0n) is 11.2. The van der Waals surface area contributed by atoms with Crippen molar-refractivity contribution in [3.63, 3.8) is 0 Å². The highest BCUT2D eigenvalue weighted by molar-refractivity contribution is 6.03. The SMILES string of the molecule is CC1CCC(O)(C(=O)c2ccccc2C(F)(F)F)CC1. The zero-order valence-corrected chi connectivity index (χ0v) is 11.2. The van der Waals surface area contributed by atoms with Crippen LogP contribution in [0.1, 0.15) is 48.5 Å². The topological polar surface area (TPSA) is 37.3 Å². The number of aliphatic hydroxyl groups is 1. The summed E-state index contributed by atoms with van der Waals surface area (Å²) >= 11 is 0. The van der Waals surface area contributed by atoms with Crippen LogP contribution in [0.5, 0.6) is 0 Å². The summed E-state index contributed by atoms with van der Waals surface area (Å²) in [6.07, 6.45) is -2.85. The highest BCUT2D eigenvalue weighted by atomic mass is 19.4. The molecule has 20 heavy (non-hydrogen) atoms. The Hall–Kier alpha value is -1.36. The van der Waals surface area contributed by atoms with Gasteiger partial charge in [-0.3, -0.25) is 4.79 Å². The Balaban J connectivity index is 2.35. The van der Waals surface area contributed by atoms with Crippen molar-refractivity contribution >= 4 is 5.78 Å². The van der Waals surface area contributed by atoms with Gasteiger partial charge in [0.2, 0.25) is 0 Å². The summed E-state index contributed by atoms with van der Waals surface area (Å²) in [4.78, 5) is 12.3. The molecule has 1 aromatic rings. The number of carbonyl (C=O) groups is 1. The van der Waals surface area contributed by atoms with Crippen LogP contribution in [0.15, 0.2) is 24.3 Å². The van der Waals surface area contributed by atoms with E-state index >= 15 is 0 Å². The molecule has 0 heterocycles. The maximum absolute atomic E-state index is 12.9. The van der Waals surface area contributed by atoms with Gasteiger partial charge in [-0.1, -0.05) is 25.1 Å². The van der Waals surface area contributed by atoms with E-state index in [1.165, 1.54) is 12.1 Å². The summed E-state index contributed by atoms with van der Waals surface area (Å²) < 4.78 is 38.8. The van der Waals surface area contributed by atoms with E-state index in [4.69, 9.17) is 0 Å². The van der Waals surface area contributed by atoms with Crippen molar-refractivity contribution in [2.75, 3.05) is 0 Å². The highest BCUT2D eigenvalue weighted by Gasteiger charge is 2.43. The molecule has 0 bridgehead atoms. The average Bonchev–Trinajstić information content (AvgIpc) is 2.40. The minimum Gasteiger partial charge on any atom is -0.382 e. The van der Waals surface area contributed by atoms with Crippen molar-refractivity contribution in [1.29, 1.82) is 0 Å². The molecule has 1 N–H and O–H groups in total. The Bertz CT molecular complexity index is 500. The number of carbonyl (C=O) groups excluding carboxylic acids is 1. The van der Waals surface area contributed by atoms with Gasteiger partial charge in [0.25, 0.3) is 0 Å². The number of hydrogen-bond acceptors (Lipinski definition) is 2. The summed E-state index contributed by atoms with van der Waals surface area (Å²) in [5.74, 6) is -0.418. The summed E-state index contributed by atoms with van der Waals surface area (Å²) in [6.45, 7) is 2.01. The predicted octanol–water partition coefficient (Wildman–Crippen LogP) is 3.83. The van der Waals surface area contributed by atoms with Gasteiger partial charge in [-0.05, 0) is 37.7 Å². The molecule has 1 aliphatic rings. The van der Waals surface area contributed by atoms with Crippen molar-refractivity contribution in [2.24, 2.45) is 5.92 Å². The van der Waals surface area contributed by atoms with E-state index in [1.54, 1.807) is 0 Å². The minimum absolute atomic E-state index is 0.221. The van der Waals surface area contributed by atoms with E-state index in [9.17, 15) is 23.1 Å². The van der Waals surface area contributed by atoms with E-state index in [0.717, 1.165) is 12.1 Å². The fourth-order valence-corrected chi connectivity index (χ4v) is 2.65. The van der Waals surface area contributed by atoms with Crippen LogP contribution in [0, 0.1) is 5.92 Å². The second-order valence-electron chi connectivity index (χ2n) is 5.59. The molecule has 2 rings (SSSR count). The summed E-state index contributed by atoms with van der Waals surface area (Å²) in [5, 5.41) is 10.4. The normalized spacial score (nSPS) is 27.4. The lowest BCUT2D eigenvalue weighted by atomic mass is 9.75. The number of ketones is 1. The van der Waals surface area contributed by atoms with Gasteiger partial charge in [0.1, 0.15) is 5.60 Å². The summed E-state index contributed by atoms with van der Waals surface area (Å²) in [5.41, 5.74) is -3.07. The fraction of sp³-hybridized carbons (Fsp3) is 0.533. The average molecular weight is 286 g/mol. The second kappa shape index (κ2) is 5.20. The lowest BCUT2D eigenvalue weighted by Gasteiger charge is -2.34. The molecule has 1 saturated carbocycles. The molecule has 1 fully saturated rings. The number of rotatable bonds is 2. The lowest BCUT2D eigenvalue weighted by Crippen LogP contribution is -2.42. The first-order valence-corrected chi connectivity index (χ1v) is 6.67. The first-order chi connectivity index (χ1) is 9.24. The van der Waals surface area contributed by atoms with Crippen molar-refractivity contribution < 1.29 is 23.1 Å². The Kier molecular flexibility index (Phi) is 3.91. The molecule has 1 aromatic carbocycles. The Morgan fingerprint density at radius 3 is 2.35 bits per heavy atom. The minimum atomic E-state index is -4.59. The van der Waals surface area contributed by atoms with Gasteiger partial charge >= 0.3 is 6.18 Å². The molecule has 5 heteroatoms. The zero-order chi connectivity index (χ0) is 15.0. The van der Waals surface area contributed by atoms with Crippen LogP contribution in [0.4, 0.5) is 13.2 Å². The standard InChI is InChI=1S/C15H17F3O2/c1-10-6-8-14(20,9-7-10)13(19)11-4-2-3-5-12(11)15(16,17)18/h2-5,10,20H,6-9H2,1H3. The lowest BCUT2D eigenvalue weighted by molar-refractivity contribution is -0.138. The summed E-state index contributed by atoms with van der Waals surface area (Å²) in [6, 6.07) is 4.65. The first kappa shape index (κ1) is 15.0. The fourth-order valence-electron chi connectivity index (χ4n) is 2.65. The maximum Gasteiger partial charge on any atom is 0.417 e. The highest BCUT2D eigenvalue weighted by Crippen LogP contribution is 2.38. The molecular weight excluding hydrogens is 269 g/mol. The maximum atomic E-state index is 12.9.